The van der Waals surface area contributed by atoms with Crippen LogP contribution in [0.2, 0.25) is 0 Å². The lowest BCUT2D eigenvalue weighted by atomic mass is 10.2. The van der Waals surface area contributed by atoms with Gasteiger partial charge in [-0.15, -0.1) is 11.3 Å². The summed E-state index contributed by atoms with van der Waals surface area (Å²) in [6.07, 6.45) is 0.844. The molecule has 37 heavy (non-hydrogen) atoms. The molecule has 1 aliphatic heterocycles. The quantitative estimate of drug-likeness (QED) is 0.333. The average Bonchev–Trinajstić information content (AvgIpc) is 3.40. The first kappa shape index (κ1) is 25.1. The van der Waals surface area contributed by atoms with Gasteiger partial charge in [0.2, 0.25) is 5.95 Å². The minimum Gasteiger partial charge on any atom is -0.491 e. The molecule has 4 aromatic rings. The van der Waals surface area contributed by atoms with E-state index in [4.69, 9.17) is 14.2 Å². The number of methoxy groups -OCH3 is 1. The van der Waals surface area contributed by atoms with Crippen LogP contribution in [-0.2, 0) is 11.3 Å². The number of nitrogens with one attached hydrogen (secondary N) is 1. The van der Waals surface area contributed by atoms with Gasteiger partial charge in [-0.2, -0.15) is 0 Å². The smallest absolute Gasteiger partial charge is 0.262 e. The minimum absolute atomic E-state index is 0.145. The fourth-order valence-corrected chi connectivity index (χ4v) is 5.07. The number of aromatic nitrogens is 3. The maximum Gasteiger partial charge on any atom is 0.262 e. The van der Waals surface area contributed by atoms with Crippen LogP contribution < -0.4 is 20.3 Å². The normalized spacial score (nSPS) is 14.2. The Balaban J connectivity index is 1.40. The number of anilines is 1. The predicted molar refractivity (Wildman–Crippen MR) is 143 cm³/mol. The van der Waals surface area contributed by atoms with Crippen LogP contribution >= 0.6 is 11.3 Å². The Hall–Kier alpha value is -3.54. The first-order chi connectivity index (χ1) is 18.1. The van der Waals surface area contributed by atoms with Crippen molar-refractivity contribution in [2.45, 2.75) is 19.9 Å². The molecule has 1 N–H and O–H groups in total. The largest absolute Gasteiger partial charge is 0.491 e. The number of carbonyl (C=O) groups excluding carboxylic acids is 1. The zero-order chi connectivity index (χ0) is 25.8. The summed E-state index contributed by atoms with van der Waals surface area (Å²) in [5.41, 5.74) is 2.98. The van der Waals surface area contributed by atoms with Crippen LogP contribution in [0.25, 0.3) is 21.1 Å². The SMILES string of the molecule is CCn1c(NC(=O)c2ccc3scnc3c2)nc2c(OC)c(OCCCN3CCOCC3)ccc2c1=O. The van der Waals surface area contributed by atoms with Crippen LogP contribution in [0.5, 0.6) is 11.5 Å². The van der Waals surface area contributed by atoms with Crippen molar-refractivity contribution in [1.82, 2.24) is 19.4 Å². The van der Waals surface area contributed by atoms with Crippen molar-refractivity contribution in [3.05, 3.63) is 51.8 Å². The Kier molecular flexibility index (Phi) is 7.63. The predicted octanol–water partition coefficient (Wildman–Crippen LogP) is 3.39. The maximum absolute atomic E-state index is 13.3. The number of thiazole rings is 1. The Labute approximate surface area is 217 Å². The standard InChI is InChI=1S/C26H29N5O5S/c1-3-31-25(33)18-6-7-20(36-12-4-9-30-10-13-35-14-11-30)23(34-2)22(18)28-26(31)29-24(32)17-5-8-21-19(15-17)27-16-37-21/h5-8,15-16H,3-4,9-14H2,1-2H3,(H,28,29,32). The van der Waals surface area contributed by atoms with E-state index >= 15 is 0 Å². The Morgan fingerprint density at radius 1 is 1.22 bits per heavy atom. The van der Waals surface area contributed by atoms with Crippen LogP contribution in [-0.4, -0.2) is 71.9 Å². The Morgan fingerprint density at radius 2 is 2.05 bits per heavy atom. The van der Waals surface area contributed by atoms with Gasteiger partial charge < -0.3 is 14.2 Å². The van der Waals surface area contributed by atoms with E-state index < -0.39 is 0 Å². The van der Waals surface area contributed by atoms with Crippen molar-refractivity contribution in [1.29, 1.82) is 0 Å². The van der Waals surface area contributed by atoms with Crippen molar-refractivity contribution < 1.29 is 19.0 Å². The molecule has 2 aromatic heterocycles. The topological polar surface area (TPSA) is 108 Å². The van der Waals surface area contributed by atoms with E-state index in [0.717, 1.165) is 49.5 Å². The van der Waals surface area contributed by atoms with E-state index in [9.17, 15) is 9.59 Å². The van der Waals surface area contributed by atoms with Crippen molar-refractivity contribution >= 4 is 44.3 Å². The zero-order valence-electron chi connectivity index (χ0n) is 20.9. The first-order valence-corrected chi connectivity index (χ1v) is 13.2. The molecule has 5 rings (SSSR count). The average molecular weight is 524 g/mol. The molecule has 3 heterocycles. The van der Waals surface area contributed by atoms with Crippen LogP contribution in [0.15, 0.2) is 40.6 Å². The van der Waals surface area contributed by atoms with Gasteiger partial charge in [-0.25, -0.2) is 9.97 Å². The van der Waals surface area contributed by atoms with Gasteiger partial charge in [0.05, 0.1) is 48.0 Å². The fraction of sp³-hybridized carbons (Fsp3) is 0.385. The Morgan fingerprint density at radius 3 is 2.84 bits per heavy atom. The molecule has 11 heteroatoms. The van der Waals surface area contributed by atoms with Gasteiger partial charge in [0, 0.05) is 31.7 Å². The molecule has 0 spiro atoms. The van der Waals surface area contributed by atoms with Gasteiger partial charge in [-0.1, -0.05) is 0 Å². The summed E-state index contributed by atoms with van der Waals surface area (Å²) >= 11 is 1.51. The van der Waals surface area contributed by atoms with Crippen molar-refractivity contribution in [2.75, 3.05) is 51.9 Å². The second kappa shape index (κ2) is 11.2. The van der Waals surface area contributed by atoms with Gasteiger partial charge in [0.15, 0.2) is 11.5 Å². The summed E-state index contributed by atoms with van der Waals surface area (Å²) < 4.78 is 19.5. The highest BCUT2D eigenvalue weighted by Gasteiger charge is 2.19. The van der Waals surface area contributed by atoms with E-state index in [1.807, 2.05) is 13.0 Å². The summed E-state index contributed by atoms with van der Waals surface area (Å²) in [6.45, 7) is 6.96. The number of ether oxygens (including phenoxy) is 3. The second-order valence-electron chi connectivity index (χ2n) is 8.62. The molecule has 0 bridgehead atoms. The molecule has 0 radical (unpaired) electrons. The van der Waals surface area contributed by atoms with Crippen LogP contribution in [0.3, 0.4) is 0 Å². The summed E-state index contributed by atoms with van der Waals surface area (Å²) in [6, 6.07) is 8.74. The number of fused-ring (bicyclic) bond motifs is 2. The molecule has 0 unspecified atom stereocenters. The molecule has 1 amide bonds. The summed E-state index contributed by atoms with van der Waals surface area (Å²) in [5.74, 6) is 0.636. The number of nitrogens with zero attached hydrogens (tertiary/aromatic N) is 4. The third-order valence-corrected chi connectivity index (χ3v) is 7.17. The molecule has 1 saturated heterocycles. The highest BCUT2D eigenvalue weighted by atomic mass is 32.1. The summed E-state index contributed by atoms with van der Waals surface area (Å²) in [5, 5.41) is 3.19. The minimum atomic E-state index is -0.377. The molecule has 1 aliphatic rings. The van der Waals surface area contributed by atoms with E-state index in [-0.39, 0.29) is 17.4 Å². The van der Waals surface area contributed by atoms with Gasteiger partial charge >= 0.3 is 0 Å². The van der Waals surface area contributed by atoms with Crippen LogP contribution in [0.1, 0.15) is 23.7 Å². The molecular formula is C26H29N5O5S. The van der Waals surface area contributed by atoms with Gasteiger partial charge in [0.1, 0.15) is 5.52 Å². The fourth-order valence-electron chi connectivity index (χ4n) is 4.41. The van der Waals surface area contributed by atoms with E-state index in [1.54, 1.807) is 29.8 Å². The summed E-state index contributed by atoms with van der Waals surface area (Å²) in [4.78, 5) is 37.6. The highest BCUT2D eigenvalue weighted by Crippen LogP contribution is 2.34. The third-order valence-electron chi connectivity index (χ3n) is 6.36. The Bertz CT molecular complexity index is 1480. The van der Waals surface area contributed by atoms with E-state index in [0.29, 0.717) is 41.1 Å². The molecule has 0 atom stereocenters. The van der Waals surface area contributed by atoms with Crippen molar-refractivity contribution in [3.8, 4) is 11.5 Å². The van der Waals surface area contributed by atoms with Crippen LogP contribution in [0.4, 0.5) is 5.95 Å². The van der Waals surface area contributed by atoms with Gasteiger partial charge in [-0.3, -0.25) is 24.4 Å². The number of rotatable bonds is 9. The first-order valence-electron chi connectivity index (χ1n) is 12.3. The summed E-state index contributed by atoms with van der Waals surface area (Å²) in [7, 11) is 1.52. The number of hydrogen-bond donors (Lipinski definition) is 1. The molecule has 10 nitrogen and oxygen atoms in total. The van der Waals surface area contributed by atoms with Crippen molar-refractivity contribution in [2.24, 2.45) is 0 Å². The van der Waals surface area contributed by atoms with Gasteiger partial charge in [-0.05, 0) is 43.7 Å². The second-order valence-corrected chi connectivity index (χ2v) is 9.51. The van der Waals surface area contributed by atoms with Gasteiger partial charge in [0.25, 0.3) is 11.5 Å². The third kappa shape index (κ3) is 5.29. The monoisotopic (exact) mass is 523 g/mol. The maximum atomic E-state index is 13.3. The number of carbonyl (C=O) groups is 1. The highest BCUT2D eigenvalue weighted by molar-refractivity contribution is 7.16. The molecule has 1 fully saturated rings. The molecule has 194 valence electrons. The number of hydrogen-bond acceptors (Lipinski definition) is 9. The van der Waals surface area contributed by atoms with E-state index in [1.165, 1.54) is 23.0 Å². The lowest BCUT2D eigenvalue weighted by Gasteiger charge is -2.26. The lowest BCUT2D eigenvalue weighted by Crippen LogP contribution is -2.37. The molecular weight excluding hydrogens is 494 g/mol. The zero-order valence-corrected chi connectivity index (χ0v) is 21.7. The van der Waals surface area contributed by atoms with E-state index in [2.05, 4.69) is 20.2 Å². The molecule has 0 aliphatic carbocycles. The number of morpholine rings is 1. The number of amides is 1. The van der Waals surface area contributed by atoms with Crippen molar-refractivity contribution in [3.63, 3.8) is 0 Å². The molecule has 0 saturated carbocycles. The number of benzene rings is 2. The van der Waals surface area contributed by atoms with Crippen LogP contribution in [0, 0.1) is 0 Å². The lowest BCUT2D eigenvalue weighted by molar-refractivity contribution is 0.0357. The molecule has 2 aromatic carbocycles.